The van der Waals surface area contributed by atoms with E-state index in [1.165, 1.54) is 0 Å². The fraction of sp³-hybridized carbons (Fsp3) is 0.533. The minimum atomic E-state index is -0.0189. The predicted octanol–water partition coefficient (Wildman–Crippen LogP) is 2.96. The highest BCUT2D eigenvalue weighted by molar-refractivity contribution is 9.10. The Morgan fingerprint density at radius 2 is 2.11 bits per heavy atom. The van der Waals surface area contributed by atoms with Gasteiger partial charge in [-0.15, -0.1) is 0 Å². The van der Waals surface area contributed by atoms with E-state index in [0.717, 1.165) is 35.1 Å². The number of hydrogen-bond donors (Lipinski definition) is 1. The zero-order chi connectivity index (χ0) is 14.2. The molecule has 4 heteroatoms. The second-order valence-corrected chi connectivity index (χ2v) is 7.04. The number of carbonyl (C=O) groups excluding carboxylic acids is 1. The Balaban J connectivity index is 2.20. The van der Waals surface area contributed by atoms with E-state index in [9.17, 15) is 4.79 Å². The Morgan fingerprint density at radius 3 is 2.68 bits per heavy atom. The van der Waals surface area contributed by atoms with Gasteiger partial charge in [-0.05, 0) is 42.5 Å². The molecule has 1 aliphatic heterocycles. The van der Waals surface area contributed by atoms with Gasteiger partial charge in [-0.25, -0.2) is 0 Å². The van der Waals surface area contributed by atoms with Gasteiger partial charge in [0.05, 0.1) is 0 Å². The van der Waals surface area contributed by atoms with Crippen molar-refractivity contribution in [2.45, 2.75) is 33.2 Å². The molecule has 1 fully saturated rings. The minimum absolute atomic E-state index is 0.0189. The van der Waals surface area contributed by atoms with E-state index in [-0.39, 0.29) is 17.4 Å². The van der Waals surface area contributed by atoms with E-state index in [4.69, 9.17) is 5.73 Å². The Bertz CT molecular complexity index is 479. The number of nitrogens with zero attached hydrogens (tertiary/aromatic N) is 1. The summed E-state index contributed by atoms with van der Waals surface area (Å²) in [5.74, 6) is 0.101. The first-order valence-corrected chi connectivity index (χ1v) is 7.41. The Morgan fingerprint density at radius 1 is 1.42 bits per heavy atom. The van der Waals surface area contributed by atoms with Crippen LogP contribution in [0.1, 0.15) is 36.2 Å². The largest absolute Gasteiger partial charge is 0.338 e. The molecular weight excluding hydrogens is 304 g/mol. The van der Waals surface area contributed by atoms with Crippen molar-refractivity contribution in [2.24, 2.45) is 11.1 Å². The minimum Gasteiger partial charge on any atom is -0.338 e. The molecule has 2 rings (SSSR count). The molecule has 0 saturated carbocycles. The van der Waals surface area contributed by atoms with Crippen LogP contribution in [0.5, 0.6) is 0 Å². The number of rotatable bonds is 1. The molecule has 19 heavy (non-hydrogen) atoms. The molecule has 0 aromatic heterocycles. The molecule has 1 aliphatic rings. The van der Waals surface area contributed by atoms with Gasteiger partial charge in [-0.3, -0.25) is 4.79 Å². The molecule has 1 amide bonds. The lowest BCUT2D eigenvalue weighted by Crippen LogP contribution is -2.54. The van der Waals surface area contributed by atoms with Crippen molar-refractivity contribution in [1.29, 1.82) is 0 Å². The monoisotopic (exact) mass is 324 g/mol. The third-order valence-corrected chi connectivity index (χ3v) is 4.35. The van der Waals surface area contributed by atoms with Crippen molar-refractivity contribution in [3.63, 3.8) is 0 Å². The fourth-order valence-corrected chi connectivity index (χ4v) is 3.20. The number of nitrogens with two attached hydrogens (primary N) is 1. The van der Waals surface area contributed by atoms with Gasteiger partial charge in [0.2, 0.25) is 0 Å². The van der Waals surface area contributed by atoms with Gasteiger partial charge in [-0.2, -0.15) is 0 Å². The van der Waals surface area contributed by atoms with Gasteiger partial charge in [-0.1, -0.05) is 29.8 Å². The maximum Gasteiger partial charge on any atom is 0.253 e. The SMILES string of the molecule is Cc1cc(Br)cc(C(=O)N2CCC(N)C(C)(C)C2)c1. The molecule has 1 heterocycles. The average molecular weight is 325 g/mol. The molecule has 1 unspecified atom stereocenters. The number of halogens is 1. The highest BCUT2D eigenvalue weighted by Gasteiger charge is 2.35. The Labute approximate surface area is 123 Å². The highest BCUT2D eigenvalue weighted by atomic mass is 79.9. The lowest BCUT2D eigenvalue weighted by Gasteiger charge is -2.42. The maximum atomic E-state index is 12.6. The van der Waals surface area contributed by atoms with E-state index in [1.54, 1.807) is 0 Å². The van der Waals surface area contributed by atoms with E-state index >= 15 is 0 Å². The molecule has 0 bridgehead atoms. The molecule has 2 N–H and O–H groups in total. The molecule has 1 aromatic carbocycles. The first kappa shape index (κ1) is 14.5. The standard InChI is InChI=1S/C15H21BrN2O/c1-10-6-11(8-12(16)7-10)14(19)18-5-4-13(17)15(2,3)9-18/h6-8,13H,4-5,9,17H2,1-3H3. The number of carbonyl (C=O) groups is 1. The third-order valence-electron chi connectivity index (χ3n) is 3.89. The smallest absolute Gasteiger partial charge is 0.253 e. The molecule has 1 saturated heterocycles. The zero-order valence-corrected chi connectivity index (χ0v) is 13.3. The number of amides is 1. The number of aryl methyl sites for hydroxylation is 1. The second kappa shape index (κ2) is 5.25. The molecular formula is C15H21BrN2O. The summed E-state index contributed by atoms with van der Waals surface area (Å²) in [6, 6.07) is 6.00. The van der Waals surface area contributed by atoms with Crippen molar-refractivity contribution in [3.8, 4) is 0 Å². The Kier molecular flexibility index (Phi) is 4.02. The number of piperidine rings is 1. The molecule has 1 aromatic rings. The summed E-state index contributed by atoms with van der Waals surface area (Å²) >= 11 is 3.45. The van der Waals surface area contributed by atoms with Crippen molar-refractivity contribution < 1.29 is 4.79 Å². The van der Waals surface area contributed by atoms with Crippen LogP contribution in [0.25, 0.3) is 0 Å². The first-order valence-electron chi connectivity index (χ1n) is 6.62. The zero-order valence-electron chi connectivity index (χ0n) is 11.7. The van der Waals surface area contributed by atoms with E-state index in [0.29, 0.717) is 0 Å². The molecule has 0 aliphatic carbocycles. The van der Waals surface area contributed by atoms with Crippen LogP contribution >= 0.6 is 15.9 Å². The summed E-state index contributed by atoms with van der Waals surface area (Å²) in [4.78, 5) is 14.5. The summed E-state index contributed by atoms with van der Waals surface area (Å²) in [6.45, 7) is 7.72. The summed E-state index contributed by atoms with van der Waals surface area (Å²) in [6.07, 6.45) is 0.867. The molecule has 0 spiro atoms. The summed E-state index contributed by atoms with van der Waals surface area (Å²) < 4.78 is 0.948. The van der Waals surface area contributed by atoms with Crippen molar-refractivity contribution >= 4 is 21.8 Å². The number of hydrogen-bond acceptors (Lipinski definition) is 2. The van der Waals surface area contributed by atoms with Crippen LogP contribution in [0.2, 0.25) is 0 Å². The predicted molar refractivity (Wildman–Crippen MR) is 81.2 cm³/mol. The van der Waals surface area contributed by atoms with Crippen LogP contribution in [0, 0.1) is 12.3 Å². The van der Waals surface area contributed by atoms with Crippen LogP contribution < -0.4 is 5.73 Å². The number of benzene rings is 1. The van der Waals surface area contributed by atoms with Crippen LogP contribution in [0.3, 0.4) is 0 Å². The van der Waals surface area contributed by atoms with Gasteiger partial charge < -0.3 is 10.6 Å². The van der Waals surface area contributed by atoms with Gasteiger partial charge in [0, 0.05) is 29.2 Å². The normalized spacial score (nSPS) is 22.4. The van der Waals surface area contributed by atoms with E-state index in [2.05, 4.69) is 29.8 Å². The molecule has 3 nitrogen and oxygen atoms in total. The second-order valence-electron chi connectivity index (χ2n) is 6.13. The van der Waals surface area contributed by atoms with Crippen molar-refractivity contribution in [1.82, 2.24) is 4.90 Å². The van der Waals surface area contributed by atoms with Gasteiger partial charge in [0.1, 0.15) is 0 Å². The van der Waals surface area contributed by atoms with Gasteiger partial charge in [0.25, 0.3) is 5.91 Å². The van der Waals surface area contributed by atoms with Gasteiger partial charge >= 0.3 is 0 Å². The fourth-order valence-electron chi connectivity index (χ4n) is 2.59. The van der Waals surface area contributed by atoms with Crippen LogP contribution in [-0.2, 0) is 0 Å². The average Bonchev–Trinajstić information content (AvgIpc) is 2.30. The van der Waals surface area contributed by atoms with Crippen LogP contribution in [-0.4, -0.2) is 29.9 Å². The van der Waals surface area contributed by atoms with Crippen LogP contribution in [0.4, 0.5) is 0 Å². The first-order chi connectivity index (χ1) is 8.79. The maximum absolute atomic E-state index is 12.6. The highest BCUT2D eigenvalue weighted by Crippen LogP contribution is 2.29. The molecule has 0 radical (unpaired) electrons. The molecule has 104 valence electrons. The lowest BCUT2D eigenvalue weighted by molar-refractivity contribution is 0.0533. The molecule has 1 atom stereocenters. The summed E-state index contributed by atoms with van der Waals surface area (Å²) in [7, 11) is 0. The van der Waals surface area contributed by atoms with Crippen molar-refractivity contribution in [2.75, 3.05) is 13.1 Å². The van der Waals surface area contributed by atoms with Gasteiger partial charge in [0.15, 0.2) is 0 Å². The van der Waals surface area contributed by atoms with E-state index in [1.807, 2.05) is 30.0 Å². The lowest BCUT2D eigenvalue weighted by atomic mass is 9.79. The van der Waals surface area contributed by atoms with Crippen LogP contribution in [0.15, 0.2) is 22.7 Å². The Hall–Kier alpha value is -0.870. The van der Waals surface area contributed by atoms with E-state index < -0.39 is 0 Å². The quantitative estimate of drug-likeness (QED) is 0.863. The number of likely N-dealkylation sites (tertiary alicyclic amines) is 1. The topological polar surface area (TPSA) is 46.3 Å². The van der Waals surface area contributed by atoms with Crippen molar-refractivity contribution in [3.05, 3.63) is 33.8 Å². The summed E-state index contributed by atoms with van der Waals surface area (Å²) in [5, 5.41) is 0. The third kappa shape index (κ3) is 3.18. The summed E-state index contributed by atoms with van der Waals surface area (Å²) in [5.41, 5.74) is 7.93.